The summed E-state index contributed by atoms with van der Waals surface area (Å²) in [5, 5.41) is 0.579. The van der Waals surface area contributed by atoms with E-state index in [0.717, 1.165) is 30.9 Å². The van der Waals surface area contributed by atoms with Crippen molar-refractivity contribution in [2.24, 2.45) is 5.92 Å². The molecule has 0 amide bonds. The third-order valence-corrected chi connectivity index (χ3v) is 4.08. The molecule has 0 aromatic carbocycles. The fourth-order valence-electron chi connectivity index (χ4n) is 2.01. The molecule has 1 aromatic heterocycles. The zero-order valence-corrected chi connectivity index (χ0v) is 11.5. The number of alkyl halides is 3. The summed E-state index contributed by atoms with van der Waals surface area (Å²) < 4.78 is 37.1. The molecule has 1 atom stereocenters. The number of thioether (sulfide) groups is 1. The van der Waals surface area contributed by atoms with Gasteiger partial charge in [0.1, 0.15) is 0 Å². The number of ketones is 1. The Kier molecular flexibility index (Phi) is 4.86. The molecule has 1 unspecified atom stereocenters. The van der Waals surface area contributed by atoms with Gasteiger partial charge in [0.2, 0.25) is 0 Å². The molecule has 0 spiro atoms. The minimum absolute atomic E-state index is 0.152. The summed E-state index contributed by atoms with van der Waals surface area (Å²) in [5.41, 5.74) is -0.732. The molecule has 1 aliphatic rings. The summed E-state index contributed by atoms with van der Waals surface area (Å²) in [7, 11) is 0. The standard InChI is InChI=1S/C14H14F3NOS/c15-14(16,17)11-4-5-13(18-9-11)20-7-6-10-2-1-3-12(19)8-10/h1,3-5,9-10H,2,6-8H2. The first-order valence-corrected chi connectivity index (χ1v) is 7.29. The van der Waals surface area contributed by atoms with Crippen molar-refractivity contribution < 1.29 is 18.0 Å². The van der Waals surface area contributed by atoms with Crippen molar-refractivity contribution in [2.75, 3.05) is 5.75 Å². The predicted molar refractivity (Wildman–Crippen MR) is 71.5 cm³/mol. The van der Waals surface area contributed by atoms with Gasteiger partial charge in [0.15, 0.2) is 5.78 Å². The van der Waals surface area contributed by atoms with E-state index in [1.165, 1.54) is 17.8 Å². The van der Waals surface area contributed by atoms with Crippen LogP contribution < -0.4 is 0 Å². The van der Waals surface area contributed by atoms with Gasteiger partial charge in [-0.05, 0) is 42.7 Å². The highest BCUT2D eigenvalue weighted by molar-refractivity contribution is 7.99. The lowest BCUT2D eigenvalue weighted by molar-refractivity contribution is -0.137. The lowest BCUT2D eigenvalue weighted by Crippen LogP contribution is -2.11. The number of hydrogen-bond acceptors (Lipinski definition) is 3. The van der Waals surface area contributed by atoms with Crippen LogP contribution in [0.1, 0.15) is 24.8 Å². The maximum absolute atomic E-state index is 12.4. The largest absolute Gasteiger partial charge is 0.417 e. The Labute approximate surface area is 119 Å². The Balaban J connectivity index is 1.80. The van der Waals surface area contributed by atoms with Crippen LogP contribution >= 0.6 is 11.8 Å². The van der Waals surface area contributed by atoms with Crippen LogP contribution in [0.2, 0.25) is 0 Å². The Morgan fingerprint density at radius 3 is 2.75 bits per heavy atom. The normalized spacial score (nSPS) is 19.4. The Morgan fingerprint density at radius 2 is 2.15 bits per heavy atom. The fourth-order valence-corrected chi connectivity index (χ4v) is 2.96. The van der Waals surface area contributed by atoms with E-state index in [1.807, 2.05) is 6.08 Å². The fraction of sp³-hybridized carbons (Fsp3) is 0.429. The molecule has 0 radical (unpaired) electrons. The van der Waals surface area contributed by atoms with Gasteiger partial charge in [-0.2, -0.15) is 13.2 Å². The van der Waals surface area contributed by atoms with Crippen molar-refractivity contribution >= 4 is 17.5 Å². The third kappa shape index (κ3) is 4.37. The van der Waals surface area contributed by atoms with E-state index in [0.29, 0.717) is 17.4 Å². The van der Waals surface area contributed by atoms with E-state index in [9.17, 15) is 18.0 Å². The average molecular weight is 301 g/mol. The number of halogens is 3. The number of carbonyl (C=O) groups is 1. The Hall–Kier alpha value is -1.30. The molecule has 0 saturated carbocycles. The second-order valence-corrected chi connectivity index (χ2v) is 5.81. The van der Waals surface area contributed by atoms with Gasteiger partial charge in [-0.15, -0.1) is 11.8 Å². The van der Waals surface area contributed by atoms with E-state index >= 15 is 0 Å². The molecule has 20 heavy (non-hydrogen) atoms. The number of hydrogen-bond donors (Lipinski definition) is 0. The van der Waals surface area contributed by atoms with Gasteiger partial charge in [0.25, 0.3) is 0 Å². The second kappa shape index (κ2) is 6.43. The average Bonchev–Trinajstić information content (AvgIpc) is 2.38. The summed E-state index contributed by atoms with van der Waals surface area (Å²) in [6, 6.07) is 2.43. The van der Waals surface area contributed by atoms with Crippen molar-refractivity contribution in [3.63, 3.8) is 0 Å². The molecule has 1 aromatic rings. The highest BCUT2D eigenvalue weighted by Gasteiger charge is 2.30. The summed E-state index contributed by atoms with van der Waals surface area (Å²) in [6.07, 6.45) is 2.34. The van der Waals surface area contributed by atoms with E-state index in [4.69, 9.17) is 0 Å². The summed E-state index contributed by atoms with van der Waals surface area (Å²) in [4.78, 5) is 15.0. The summed E-state index contributed by atoms with van der Waals surface area (Å²) in [5.74, 6) is 1.25. The van der Waals surface area contributed by atoms with Gasteiger partial charge in [-0.25, -0.2) is 4.98 Å². The zero-order chi connectivity index (χ0) is 14.6. The van der Waals surface area contributed by atoms with Crippen molar-refractivity contribution in [3.8, 4) is 0 Å². The van der Waals surface area contributed by atoms with Gasteiger partial charge in [-0.3, -0.25) is 4.79 Å². The number of pyridine rings is 1. The van der Waals surface area contributed by atoms with Crippen LogP contribution in [-0.4, -0.2) is 16.5 Å². The van der Waals surface area contributed by atoms with Gasteiger partial charge < -0.3 is 0 Å². The topological polar surface area (TPSA) is 30.0 Å². The van der Waals surface area contributed by atoms with Crippen molar-refractivity contribution in [3.05, 3.63) is 36.0 Å². The van der Waals surface area contributed by atoms with Crippen LogP contribution in [0.4, 0.5) is 13.2 Å². The van der Waals surface area contributed by atoms with Crippen molar-refractivity contribution in [1.29, 1.82) is 0 Å². The Bertz CT molecular complexity index is 496. The number of allylic oxidation sites excluding steroid dienone is 2. The summed E-state index contributed by atoms with van der Waals surface area (Å²) >= 11 is 1.42. The number of rotatable bonds is 4. The number of carbonyl (C=O) groups excluding carboxylic acids is 1. The maximum Gasteiger partial charge on any atom is 0.417 e. The first kappa shape index (κ1) is 15.1. The first-order chi connectivity index (χ1) is 9.45. The predicted octanol–water partition coefficient (Wildman–Crippen LogP) is 4.12. The number of aromatic nitrogens is 1. The van der Waals surface area contributed by atoms with Gasteiger partial charge in [0, 0.05) is 12.6 Å². The lowest BCUT2D eigenvalue weighted by atomic mass is 9.91. The number of nitrogens with zero attached hydrogens (tertiary/aromatic N) is 1. The zero-order valence-electron chi connectivity index (χ0n) is 10.7. The summed E-state index contributed by atoms with van der Waals surface area (Å²) in [6.45, 7) is 0. The third-order valence-electron chi connectivity index (χ3n) is 3.10. The highest BCUT2D eigenvalue weighted by atomic mass is 32.2. The molecule has 0 bridgehead atoms. The molecule has 0 aliphatic heterocycles. The van der Waals surface area contributed by atoms with Crippen LogP contribution in [0, 0.1) is 5.92 Å². The second-order valence-electron chi connectivity index (χ2n) is 4.69. The Morgan fingerprint density at radius 1 is 1.35 bits per heavy atom. The van der Waals surface area contributed by atoms with Gasteiger partial charge >= 0.3 is 6.18 Å². The van der Waals surface area contributed by atoms with Crippen LogP contribution in [0.5, 0.6) is 0 Å². The van der Waals surface area contributed by atoms with Crippen LogP contribution in [0.15, 0.2) is 35.5 Å². The molecule has 0 N–H and O–H groups in total. The quantitative estimate of drug-likeness (QED) is 0.784. The van der Waals surface area contributed by atoms with Crippen LogP contribution in [-0.2, 0) is 11.0 Å². The molecule has 0 saturated heterocycles. The molecular formula is C14H14F3NOS. The molecule has 108 valence electrons. The molecule has 1 aliphatic carbocycles. The highest BCUT2D eigenvalue weighted by Crippen LogP contribution is 2.30. The van der Waals surface area contributed by atoms with Gasteiger partial charge in [-0.1, -0.05) is 6.08 Å². The molecular weight excluding hydrogens is 287 g/mol. The SMILES string of the molecule is O=C1C=CCC(CCSc2ccc(C(F)(F)F)cn2)C1. The van der Waals surface area contributed by atoms with Crippen LogP contribution in [0.3, 0.4) is 0 Å². The molecule has 0 fully saturated rings. The molecule has 1 heterocycles. The van der Waals surface area contributed by atoms with E-state index in [1.54, 1.807) is 6.08 Å². The minimum atomic E-state index is -4.34. The smallest absolute Gasteiger partial charge is 0.295 e. The minimum Gasteiger partial charge on any atom is -0.295 e. The van der Waals surface area contributed by atoms with E-state index in [2.05, 4.69) is 4.98 Å². The molecule has 2 rings (SSSR count). The van der Waals surface area contributed by atoms with Crippen LogP contribution in [0.25, 0.3) is 0 Å². The monoisotopic (exact) mass is 301 g/mol. The lowest BCUT2D eigenvalue weighted by Gasteiger charge is -2.16. The molecule has 2 nitrogen and oxygen atoms in total. The molecule has 6 heteroatoms. The van der Waals surface area contributed by atoms with Crippen molar-refractivity contribution in [1.82, 2.24) is 4.98 Å². The van der Waals surface area contributed by atoms with E-state index in [-0.39, 0.29) is 5.78 Å². The van der Waals surface area contributed by atoms with Crippen molar-refractivity contribution in [2.45, 2.75) is 30.5 Å². The first-order valence-electron chi connectivity index (χ1n) is 6.30. The van der Waals surface area contributed by atoms with E-state index < -0.39 is 11.7 Å². The van der Waals surface area contributed by atoms with Gasteiger partial charge in [0.05, 0.1) is 10.6 Å². The maximum atomic E-state index is 12.4.